The van der Waals surface area contributed by atoms with Gasteiger partial charge in [-0.2, -0.15) is 0 Å². The maximum atomic E-state index is 12.5. The normalized spacial score (nSPS) is 17.2. The number of Topliss-reactive ketones (excluding diaryl/α,β-unsaturated/α-hetero) is 1. The minimum atomic E-state index is -0.242. The number of ketones is 1. The fourth-order valence-corrected chi connectivity index (χ4v) is 3.34. The second kappa shape index (κ2) is 8.67. The summed E-state index contributed by atoms with van der Waals surface area (Å²) < 4.78 is 5.77. The van der Waals surface area contributed by atoms with Crippen LogP contribution in [0.4, 0.5) is 0 Å². The van der Waals surface area contributed by atoms with Crippen LogP contribution in [0.2, 0.25) is 10.0 Å². The first-order chi connectivity index (χ1) is 12.5. The molecule has 4 nitrogen and oxygen atoms in total. The highest BCUT2D eigenvalue weighted by molar-refractivity contribution is 6.31. The number of ether oxygens (including phenoxy) is 1. The number of amides is 1. The van der Waals surface area contributed by atoms with Crippen LogP contribution in [0.15, 0.2) is 48.5 Å². The molecule has 0 aromatic heterocycles. The molecule has 0 aliphatic carbocycles. The molecule has 1 aliphatic heterocycles. The molecule has 1 unspecified atom stereocenters. The van der Waals surface area contributed by atoms with E-state index in [9.17, 15) is 9.59 Å². The number of rotatable bonds is 5. The highest BCUT2D eigenvalue weighted by atomic mass is 35.5. The van der Waals surface area contributed by atoms with Gasteiger partial charge in [-0.05, 0) is 30.3 Å². The van der Waals surface area contributed by atoms with Gasteiger partial charge in [0, 0.05) is 40.6 Å². The van der Waals surface area contributed by atoms with E-state index in [0.29, 0.717) is 35.3 Å². The highest BCUT2D eigenvalue weighted by Gasteiger charge is 2.26. The van der Waals surface area contributed by atoms with E-state index in [4.69, 9.17) is 27.9 Å². The molecule has 3 rings (SSSR count). The maximum absolute atomic E-state index is 12.5. The lowest BCUT2D eigenvalue weighted by Crippen LogP contribution is -2.42. The topological polar surface area (TPSA) is 46.6 Å². The smallest absolute Gasteiger partial charge is 0.223 e. The summed E-state index contributed by atoms with van der Waals surface area (Å²) in [6.45, 7) is 1.42. The second-order valence-electron chi connectivity index (χ2n) is 6.15. The number of nitrogens with zero attached hydrogens (tertiary/aromatic N) is 1. The van der Waals surface area contributed by atoms with Gasteiger partial charge in [-0.1, -0.05) is 41.4 Å². The Morgan fingerprint density at radius 3 is 2.50 bits per heavy atom. The Kier molecular flexibility index (Phi) is 6.30. The van der Waals surface area contributed by atoms with Crippen molar-refractivity contribution >= 4 is 34.9 Å². The molecule has 1 aliphatic rings. The van der Waals surface area contributed by atoms with Crippen LogP contribution < -0.4 is 0 Å². The van der Waals surface area contributed by atoms with Gasteiger partial charge in [-0.25, -0.2) is 0 Å². The van der Waals surface area contributed by atoms with Crippen molar-refractivity contribution in [1.82, 2.24) is 4.90 Å². The summed E-state index contributed by atoms with van der Waals surface area (Å²) in [7, 11) is 0. The second-order valence-corrected chi connectivity index (χ2v) is 6.99. The minimum absolute atomic E-state index is 0.0485. The van der Waals surface area contributed by atoms with Crippen molar-refractivity contribution in [3.05, 3.63) is 69.7 Å². The highest BCUT2D eigenvalue weighted by Crippen LogP contribution is 2.28. The molecule has 0 saturated carbocycles. The number of hydrogen-bond donors (Lipinski definition) is 0. The summed E-state index contributed by atoms with van der Waals surface area (Å²) in [4.78, 5) is 26.5. The van der Waals surface area contributed by atoms with Crippen LogP contribution in [0.1, 0.15) is 34.9 Å². The van der Waals surface area contributed by atoms with E-state index in [-0.39, 0.29) is 30.6 Å². The SMILES string of the molecule is O=C(CCC(=O)N1CCOC(c2ccccc2Cl)C1)c1ccc(Cl)cc1. The van der Waals surface area contributed by atoms with Crippen molar-refractivity contribution in [1.29, 1.82) is 0 Å². The van der Waals surface area contributed by atoms with Crippen LogP contribution in [0.25, 0.3) is 0 Å². The van der Waals surface area contributed by atoms with Gasteiger partial charge < -0.3 is 9.64 Å². The quantitative estimate of drug-likeness (QED) is 0.701. The Morgan fingerprint density at radius 2 is 1.77 bits per heavy atom. The summed E-state index contributed by atoms with van der Waals surface area (Å²) in [5.74, 6) is -0.112. The van der Waals surface area contributed by atoms with E-state index in [1.54, 1.807) is 29.2 Å². The van der Waals surface area contributed by atoms with Crippen LogP contribution >= 0.6 is 23.2 Å². The predicted molar refractivity (Wildman–Crippen MR) is 102 cm³/mol. The number of carbonyl (C=O) groups excluding carboxylic acids is 2. The largest absolute Gasteiger partial charge is 0.370 e. The third kappa shape index (κ3) is 4.64. The van der Waals surface area contributed by atoms with E-state index >= 15 is 0 Å². The molecule has 1 atom stereocenters. The lowest BCUT2D eigenvalue weighted by atomic mass is 10.1. The molecule has 26 heavy (non-hydrogen) atoms. The Morgan fingerprint density at radius 1 is 1.04 bits per heavy atom. The van der Waals surface area contributed by atoms with Gasteiger partial charge in [0.15, 0.2) is 5.78 Å². The van der Waals surface area contributed by atoms with E-state index in [1.807, 2.05) is 24.3 Å². The van der Waals surface area contributed by atoms with Crippen LogP contribution in [-0.4, -0.2) is 36.3 Å². The molecule has 0 N–H and O–H groups in total. The molecule has 6 heteroatoms. The van der Waals surface area contributed by atoms with Gasteiger partial charge in [0.2, 0.25) is 5.91 Å². The van der Waals surface area contributed by atoms with Gasteiger partial charge in [0.1, 0.15) is 6.10 Å². The third-order valence-electron chi connectivity index (χ3n) is 4.40. The minimum Gasteiger partial charge on any atom is -0.370 e. The molecule has 0 spiro atoms. The molecule has 1 amide bonds. The van der Waals surface area contributed by atoms with Gasteiger partial charge >= 0.3 is 0 Å². The molecule has 0 radical (unpaired) electrons. The summed E-state index contributed by atoms with van der Waals surface area (Å²) >= 11 is 12.1. The van der Waals surface area contributed by atoms with Crippen molar-refractivity contribution in [2.24, 2.45) is 0 Å². The first-order valence-electron chi connectivity index (χ1n) is 8.47. The number of halogens is 2. The van der Waals surface area contributed by atoms with Crippen molar-refractivity contribution in [2.75, 3.05) is 19.7 Å². The molecule has 2 aromatic carbocycles. The fraction of sp³-hybridized carbons (Fsp3) is 0.300. The molecule has 0 bridgehead atoms. The number of benzene rings is 2. The number of hydrogen-bond acceptors (Lipinski definition) is 3. The molecular formula is C20H19Cl2NO3. The standard InChI is InChI=1S/C20H19Cl2NO3/c21-15-7-5-14(6-8-15)18(24)9-10-20(25)23-11-12-26-19(13-23)16-3-1-2-4-17(16)22/h1-8,19H,9-13H2. The Hall–Kier alpha value is -1.88. The van der Waals surface area contributed by atoms with E-state index < -0.39 is 0 Å². The van der Waals surface area contributed by atoms with Crippen LogP contribution in [0.5, 0.6) is 0 Å². The van der Waals surface area contributed by atoms with E-state index in [0.717, 1.165) is 5.56 Å². The van der Waals surface area contributed by atoms with Gasteiger partial charge in [0.05, 0.1) is 13.2 Å². The average Bonchev–Trinajstić information content (AvgIpc) is 2.67. The molecule has 136 valence electrons. The molecule has 1 saturated heterocycles. The van der Waals surface area contributed by atoms with Crippen LogP contribution in [-0.2, 0) is 9.53 Å². The Balaban J connectivity index is 1.57. The summed E-state index contributed by atoms with van der Waals surface area (Å²) in [5, 5.41) is 1.21. The summed E-state index contributed by atoms with van der Waals surface area (Å²) in [5.41, 5.74) is 1.45. The zero-order valence-corrected chi connectivity index (χ0v) is 15.7. The molecule has 1 fully saturated rings. The molecule has 1 heterocycles. The summed E-state index contributed by atoms with van der Waals surface area (Å²) in [6.07, 6.45) is 0.110. The predicted octanol–water partition coefficient (Wildman–Crippen LogP) is 4.56. The first-order valence-corrected chi connectivity index (χ1v) is 9.23. The first kappa shape index (κ1) is 18.9. The van der Waals surface area contributed by atoms with Crippen molar-refractivity contribution in [2.45, 2.75) is 18.9 Å². The maximum Gasteiger partial charge on any atom is 0.223 e. The lowest BCUT2D eigenvalue weighted by molar-refractivity contribution is -0.139. The Labute approximate surface area is 162 Å². The molecular weight excluding hydrogens is 373 g/mol. The van der Waals surface area contributed by atoms with Gasteiger partial charge in [-0.3, -0.25) is 9.59 Å². The third-order valence-corrected chi connectivity index (χ3v) is 5.00. The van der Waals surface area contributed by atoms with E-state index in [2.05, 4.69) is 0 Å². The van der Waals surface area contributed by atoms with E-state index in [1.165, 1.54) is 0 Å². The zero-order valence-electron chi connectivity index (χ0n) is 14.2. The van der Waals surface area contributed by atoms with Crippen molar-refractivity contribution in [3.63, 3.8) is 0 Å². The van der Waals surface area contributed by atoms with Gasteiger partial charge in [0.25, 0.3) is 0 Å². The van der Waals surface area contributed by atoms with Crippen molar-refractivity contribution < 1.29 is 14.3 Å². The number of carbonyl (C=O) groups is 2. The van der Waals surface area contributed by atoms with Crippen molar-refractivity contribution in [3.8, 4) is 0 Å². The van der Waals surface area contributed by atoms with Gasteiger partial charge in [-0.15, -0.1) is 0 Å². The monoisotopic (exact) mass is 391 g/mol. The van der Waals surface area contributed by atoms with Crippen LogP contribution in [0.3, 0.4) is 0 Å². The zero-order chi connectivity index (χ0) is 18.5. The number of morpholine rings is 1. The summed E-state index contributed by atoms with van der Waals surface area (Å²) in [6, 6.07) is 14.2. The lowest BCUT2D eigenvalue weighted by Gasteiger charge is -2.33. The molecule has 2 aromatic rings. The Bertz CT molecular complexity index is 792. The fourth-order valence-electron chi connectivity index (χ4n) is 2.96. The van der Waals surface area contributed by atoms with Crippen LogP contribution in [0, 0.1) is 0 Å². The average molecular weight is 392 g/mol.